The monoisotopic (exact) mass is 170 g/mol. The highest BCUT2D eigenvalue weighted by atomic mass is 31.1. The van der Waals surface area contributed by atoms with Gasteiger partial charge in [-0.1, -0.05) is 0 Å². The second-order valence-corrected chi connectivity index (χ2v) is 3.55. The Hall–Kier alpha value is -0.830. The summed E-state index contributed by atoms with van der Waals surface area (Å²) in [5.41, 5.74) is 23.1. The molecule has 0 atom stereocenters. The highest BCUT2D eigenvalue weighted by molar-refractivity contribution is 7.60. The van der Waals surface area contributed by atoms with Gasteiger partial charge in [-0.05, 0) is 18.2 Å². The molecule has 0 amide bonds. The van der Waals surface area contributed by atoms with Gasteiger partial charge in [-0.25, -0.2) is 0 Å². The van der Waals surface area contributed by atoms with E-state index in [1.165, 1.54) is 0 Å². The molecule has 0 aliphatic carbocycles. The first-order valence-electron chi connectivity index (χ1n) is 3.06. The Morgan fingerprint density at radius 1 is 1.00 bits per heavy atom. The van der Waals surface area contributed by atoms with Crippen LogP contribution in [0.2, 0.25) is 0 Å². The second kappa shape index (κ2) is 3.05. The van der Waals surface area contributed by atoms with Crippen molar-refractivity contribution in [2.24, 2.45) is 11.0 Å². The molecule has 0 heterocycles. The van der Waals surface area contributed by atoms with Crippen molar-refractivity contribution in [3.05, 3.63) is 18.2 Å². The average molecular weight is 170 g/mol. The fourth-order valence-electron chi connectivity index (χ4n) is 0.723. The van der Waals surface area contributed by atoms with E-state index in [9.17, 15) is 0 Å². The van der Waals surface area contributed by atoms with Crippen LogP contribution in [0.4, 0.5) is 11.4 Å². The quantitative estimate of drug-likeness (QED) is 0.343. The molecule has 0 fully saturated rings. The van der Waals surface area contributed by atoms with Gasteiger partial charge in [0.15, 0.2) is 0 Å². The number of benzene rings is 1. The summed E-state index contributed by atoms with van der Waals surface area (Å²) in [6.45, 7) is 0. The van der Waals surface area contributed by atoms with E-state index >= 15 is 0 Å². The normalized spacial score (nSPS) is 10.5. The summed E-state index contributed by atoms with van der Waals surface area (Å²) >= 11 is 0. The number of nitrogens with two attached hydrogens (primary N) is 4. The maximum atomic E-state index is 5.53. The standard InChI is InChI=1S/C6H11N4P/c7-5-2-1-4(11(9)10)3-6(5)8/h1-3H,7-10H2. The molecular formula is C6H11N4P. The zero-order chi connectivity index (χ0) is 8.43. The summed E-state index contributed by atoms with van der Waals surface area (Å²) in [6, 6.07) is 5.21. The molecule has 0 aliphatic heterocycles. The number of hydrogen-bond donors (Lipinski definition) is 4. The molecule has 0 bridgehead atoms. The highest BCUT2D eigenvalue weighted by Gasteiger charge is 2.01. The van der Waals surface area contributed by atoms with Gasteiger partial charge in [0.05, 0.1) is 19.6 Å². The zero-order valence-corrected chi connectivity index (χ0v) is 6.88. The van der Waals surface area contributed by atoms with Crippen LogP contribution in [0.1, 0.15) is 0 Å². The van der Waals surface area contributed by atoms with Crippen molar-refractivity contribution in [1.82, 2.24) is 0 Å². The third kappa shape index (κ3) is 1.80. The molecule has 8 N–H and O–H groups in total. The molecule has 4 nitrogen and oxygen atoms in total. The molecule has 1 rings (SSSR count). The topological polar surface area (TPSA) is 104 Å². The molecule has 0 aliphatic rings. The number of anilines is 2. The van der Waals surface area contributed by atoms with Gasteiger partial charge >= 0.3 is 0 Å². The maximum Gasteiger partial charge on any atom is 0.0612 e. The van der Waals surface area contributed by atoms with Crippen LogP contribution in [0.3, 0.4) is 0 Å². The first-order chi connectivity index (χ1) is 5.11. The molecule has 0 radical (unpaired) electrons. The van der Waals surface area contributed by atoms with Crippen LogP contribution < -0.4 is 27.8 Å². The van der Waals surface area contributed by atoms with E-state index in [4.69, 9.17) is 22.5 Å². The SMILES string of the molecule is Nc1ccc(P(N)N)cc1N. The summed E-state index contributed by atoms with van der Waals surface area (Å²) in [6.07, 6.45) is 0. The minimum atomic E-state index is -1.06. The molecule has 1 aromatic carbocycles. The summed E-state index contributed by atoms with van der Waals surface area (Å²) in [5, 5.41) is 0.853. The molecule has 5 heteroatoms. The largest absolute Gasteiger partial charge is 0.397 e. The predicted octanol–water partition coefficient (Wildman–Crippen LogP) is -0.294. The van der Waals surface area contributed by atoms with E-state index in [0.29, 0.717) is 11.4 Å². The van der Waals surface area contributed by atoms with Gasteiger partial charge in [-0.2, -0.15) is 0 Å². The third-order valence-electron chi connectivity index (χ3n) is 1.37. The lowest BCUT2D eigenvalue weighted by molar-refractivity contribution is 1.68. The second-order valence-electron chi connectivity index (χ2n) is 2.22. The van der Waals surface area contributed by atoms with Gasteiger partial charge in [-0.15, -0.1) is 0 Å². The van der Waals surface area contributed by atoms with Gasteiger partial charge in [-0.3, -0.25) is 11.0 Å². The molecular weight excluding hydrogens is 159 g/mol. The lowest BCUT2D eigenvalue weighted by Crippen LogP contribution is -2.14. The smallest absolute Gasteiger partial charge is 0.0612 e. The first kappa shape index (κ1) is 8.27. The maximum absolute atomic E-state index is 5.53. The Labute approximate surface area is 66.4 Å². The fourth-order valence-corrected chi connectivity index (χ4v) is 1.26. The van der Waals surface area contributed by atoms with Crippen molar-refractivity contribution in [3.8, 4) is 0 Å². The first-order valence-corrected chi connectivity index (χ1v) is 4.54. The molecule has 60 valence electrons. The summed E-state index contributed by atoms with van der Waals surface area (Å²) in [7, 11) is -1.06. The Morgan fingerprint density at radius 3 is 2.09 bits per heavy atom. The molecule has 0 unspecified atom stereocenters. The van der Waals surface area contributed by atoms with Crippen LogP contribution in [0.5, 0.6) is 0 Å². The van der Waals surface area contributed by atoms with Crippen LogP contribution in [-0.2, 0) is 0 Å². The van der Waals surface area contributed by atoms with Crippen molar-refractivity contribution in [2.75, 3.05) is 11.5 Å². The van der Waals surface area contributed by atoms with Crippen LogP contribution in [-0.4, -0.2) is 0 Å². The van der Waals surface area contributed by atoms with Gasteiger partial charge in [0.25, 0.3) is 0 Å². The average Bonchev–Trinajstić information content (AvgIpc) is 1.94. The van der Waals surface area contributed by atoms with Gasteiger partial charge in [0.1, 0.15) is 0 Å². The van der Waals surface area contributed by atoms with Gasteiger partial charge in [0.2, 0.25) is 0 Å². The van der Waals surface area contributed by atoms with Crippen LogP contribution in [0.15, 0.2) is 18.2 Å². The van der Waals surface area contributed by atoms with E-state index in [-0.39, 0.29) is 0 Å². The predicted molar refractivity (Wildman–Crippen MR) is 50.2 cm³/mol. The number of hydrogen-bond acceptors (Lipinski definition) is 4. The zero-order valence-electron chi connectivity index (χ0n) is 5.99. The van der Waals surface area contributed by atoms with E-state index in [2.05, 4.69) is 0 Å². The molecule has 0 saturated carbocycles. The Balaban J connectivity index is 3.05. The van der Waals surface area contributed by atoms with E-state index in [1.807, 2.05) is 0 Å². The van der Waals surface area contributed by atoms with Gasteiger partial charge in [0, 0.05) is 5.30 Å². The van der Waals surface area contributed by atoms with Crippen molar-refractivity contribution in [3.63, 3.8) is 0 Å². The van der Waals surface area contributed by atoms with Crippen molar-refractivity contribution in [2.45, 2.75) is 0 Å². The summed E-state index contributed by atoms with van der Waals surface area (Å²) < 4.78 is 0. The van der Waals surface area contributed by atoms with Crippen LogP contribution >= 0.6 is 8.22 Å². The van der Waals surface area contributed by atoms with Crippen molar-refractivity contribution in [1.29, 1.82) is 0 Å². The minimum Gasteiger partial charge on any atom is -0.397 e. The highest BCUT2D eigenvalue weighted by Crippen LogP contribution is 2.18. The number of rotatable bonds is 1. The molecule has 0 saturated heterocycles. The van der Waals surface area contributed by atoms with Crippen LogP contribution in [0.25, 0.3) is 0 Å². The lowest BCUT2D eigenvalue weighted by Gasteiger charge is -2.06. The Morgan fingerprint density at radius 2 is 1.64 bits per heavy atom. The van der Waals surface area contributed by atoms with Crippen LogP contribution in [0, 0.1) is 0 Å². The molecule has 0 aromatic heterocycles. The number of nitrogen functional groups attached to an aromatic ring is 2. The Kier molecular flexibility index (Phi) is 2.29. The molecule has 1 aromatic rings. The fraction of sp³-hybridized carbons (Fsp3) is 0. The minimum absolute atomic E-state index is 0.533. The summed E-state index contributed by atoms with van der Waals surface area (Å²) in [4.78, 5) is 0. The lowest BCUT2D eigenvalue weighted by atomic mass is 10.3. The van der Waals surface area contributed by atoms with E-state index in [1.54, 1.807) is 18.2 Å². The van der Waals surface area contributed by atoms with E-state index < -0.39 is 8.22 Å². The summed E-state index contributed by atoms with van der Waals surface area (Å²) in [5.74, 6) is 0. The van der Waals surface area contributed by atoms with Crippen molar-refractivity contribution < 1.29 is 0 Å². The van der Waals surface area contributed by atoms with Crippen molar-refractivity contribution >= 4 is 24.9 Å². The molecule has 11 heavy (non-hydrogen) atoms. The van der Waals surface area contributed by atoms with E-state index in [0.717, 1.165) is 5.30 Å². The third-order valence-corrected chi connectivity index (χ3v) is 2.24. The molecule has 0 spiro atoms. The Bertz CT molecular complexity index is 261. The van der Waals surface area contributed by atoms with Gasteiger partial charge < -0.3 is 11.5 Å².